The second-order valence-corrected chi connectivity index (χ2v) is 4.92. The largest absolute Gasteiger partial charge is 0.481 e. The van der Waals surface area contributed by atoms with E-state index in [2.05, 4.69) is 5.16 Å². The van der Waals surface area contributed by atoms with Crippen LogP contribution in [0.5, 0.6) is 0 Å². The molecule has 1 N–H and O–H groups in total. The Labute approximate surface area is 104 Å². The molecule has 0 fully saturated rings. The van der Waals surface area contributed by atoms with Gasteiger partial charge in [-0.05, 0) is 30.4 Å². The molecule has 92 valence electrons. The Bertz CT molecular complexity index is 544. The lowest BCUT2D eigenvalue weighted by molar-refractivity contribution is -0.148. The number of aromatic nitrogens is 1. The molecule has 2 aromatic rings. The van der Waals surface area contributed by atoms with Gasteiger partial charge in [0.05, 0.1) is 11.6 Å². The van der Waals surface area contributed by atoms with Crippen LogP contribution in [0.3, 0.4) is 0 Å². The predicted octanol–water partition coefficient (Wildman–Crippen LogP) is 2.09. The van der Waals surface area contributed by atoms with Gasteiger partial charge in [0.15, 0.2) is 0 Å². The van der Waals surface area contributed by atoms with Crippen LogP contribution < -0.4 is 0 Å². The lowest BCUT2D eigenvalue weighted by Gasteiger charge is -2.22. The van der Waals surface area contributed by atoms with Gasteiger partial charge in [-0.25, -0.2) is 0 Å². The Balaban J connectivity index is 1.94. The maximum Gasteiger partial charge on any atom is 0.310 e. The number of aliphatic carboxylic acids is 1. The molecule has 3 rings (SSSR count). The number of rotatable bonds is 3. The average Bonchev–Trinajstić information content (AvgIpc) is 2.96. The van der Waals surface area contributed by atoms with E-state index in [4.69, 9.17) is 4.52 Å². The zero-order valence-corrected chi connectivity index (χ0v) is 9.80. The summed E-state index contributed by atoms with van der Waals surface area (Å²) < 4.78 is 4.78. The minimum atomic E-state index is -0.755. The molecule has 0 radical (unpaired) electrons. The highest BCUT2D eigenvalue weighted by atomic mass is 16.5. The maximum absolute atomic E-state index is 11.7. The molecular weight excluding hydrogens is 230 g/mol. The molecule has 4 nitrogen and oxygen atoms in total. The van der Waals surface area contributed by atoms with Crippen molar-refractivity contribution in [1.29, 1.82) is 0 Å². The SMILES string of the molecule is O=C(O)C1(Cc2cnoc2)Cc2ccccc2C1. The van der Waals surface area contributed by atoms with Crippen molar-refractivity contribution in [2.75, 3.05) is 0 Å². The number of fused-ring (bicyclic) bond motifs is 1. The van der Waals surface area contributed by atoms with Gasteiger partial charge in [0.1, 0.15) is 6.26 Å². The summed E-state index contributed by atoms with van der Waals surface area (Å²) in [6.07, 6.45) is 4.72. The van der Waals surface area contributed by atoms with Crippen LogP contribution in [0.1, 0.15) is 16.7 Å². The fraction of sp³-hybridized carbons (Fsp3) is 0.286. The lowest BCUT2D eigenvalue weighted by Crippen LogP contribution is -2.34. The summed E-state index contributed by atoms with van der Waals surface area (Å²) in [5, 5.41) is 13.2. The molecule has 0 amide bonds. The Morgan fingerprint density at radius 1 is 1.33 bits per heavy atom. The molecule has 1 aliphatic carbocycles. The number of benzene rings is 1. The first kappa shape index (κ1) is 11.0. The Kier molecular flexibility index (Phi) is 2.44. The molecule has 0 saturated heterocycles. The second kappa shape index (κ2) is 3.98. The van der Waals surface area contributed by atoms with Crippen LogP contribution in [0.15, 0.2) is 41.2 Å². The molecule has 4 heteroatoms. The van der Waals surface area contributed by atoms with Crippen LogP contribution in [-0.4, -0.2) is 16.2 Å². The third-order valence-corrected chi connectivity index (χ3v) is 3.66. The molecule has 1 aromatic carbocycles. The Hall–Kier alpha value is -2.10. The molecule has 0 unspecified atom stereocenters. The van der Waals surface area contributed by atoms with Crippen LogP contribution >= 0.6 is 0 Å². The standard InChI is InChI=1S/C14H13NO3/c16-13(17)14(5-10-8-15-18-9-10)6-11-3-1-2-4-12(11)7-14/h1-4,8-9H,5-7H2,(H,16,17). The molecular formula is C14H13NO3. The summed E-state index contributed by atoms with van der Waals surface area (Å²) in [5.74, 6) is -0.750. The molecule has 0 aliphatic heterocycles. The number of carboxylic acids is 1. The molecule has 0 spiro atoms. The van der Waals surface area contributed by atoms with E-state index >= 15 is 0 Å². The molecule has 1 aliphatic rings. The van der Waals surface area contributed by atoms with Crippen LogP contribution in [-0.2, 0) is 24.1 Å². The van der Waals surface area contributed by atoms with Crippen molar-refractivity contribution in [2.45, 2.75) is 19.3 Å². The van der Waals surface area contributed by atoms with E-state index in [0.717, 1.165) is 16.7 Å². The van der Waals surface area contributed by atoms with E-state index < -0.39 is 11.4 Å². The maximum atomic E-state index is 11.7. The topological polar surface area (TPSA) is 63.3 Å². The normalized spacial score (nSPS) is 16.4. The zero-order chi connectivity index (χ0) is 12.6. The first-order chi connectivity index (χ1) is 8.70. The Morgan fingerprint density at radius 3 is 2.50 bits per heavy atom. The summed E-state index contributed by atoms with van der Waals surface area (Å²) in [5.41, 5.74) is 2.35. The number of carbonyl (C=O) groups is 1. The van der Waals surface area contributed by atoms with E-state index in [9.17, 15) is 9.90 Å². The van der Waals surface area contributed by atoms with E-state index in [1.807, 2.05) is 24.3 Å². The van der Waals surface area contributed by atoms with Crippen molar-refractivity contribution in [3.8, 4) is 0 Å². The summed E-state index contributed by atoms with van der Waals surface area (Å²) in [7, 11) is 0. The van der Waals surface area contributed by atoms with E-state index in [1.165, 1.54) is 6.26 Å². The van der Waals surface area contributed by atoms with Crippen LogP contribution in [0.25, 0.3) is 0 Å². The second-order valence-electron chi connectivity index (χ2n) is 4.92. The fourth-order valence-electron chi connectivity index (χ4n) is 2.75. The quantitative estimate of drug-likeness (QED) is 0.896. The highest BCUT2D eigenvalue weighted by molar-refractivity contribution is 5.77. The minimum absolute atomic E-state index is 0.459. The first-order valence-electron chi connectivity index (χ1n) is 5.88. The molecule has 0 saturated carbocycles. The number of hydrogen-bond acceptors (Lipinski definition) is 3. The molecule has 0 bridgehead atoms. The highest BCUT2D eigenvalue weighted by Gasteiger charge is 2.44. The van der Waals surface area contributed by atoms with Crippen LogP contribution in [0.4, 0.5) is 0 Å². The smallest absolute Gasteiger partial charge is 0.310 e. The van der Waals surface area contributed by atoms with Gasteiger partial charge in [0, 0.05) is 5.56 Å². The van der Waals surface area contributed by atoms with Crippen LogP contribution in [0.2, 0.25) is 0 Å². The van der Waals surface area contributed by atoms with Gasteiger partial charge >= 0.3 is 5.97 Å². The number of hydrogen-bond donors (Lipinski definition) is 1. The summed E-state index contributed by atoms with van der Waals surface area (Å²) in [4.78, 5) is 11.7. The fourth-order valence-corrected chi connectivity index (χ4v) is 2.75. The van der Waals surface area contributed by atoms with Crippen molar-refractivity contribution < 1.29 is 14.4 Å². The molecule has 0 atom stereocenters. The Morgan fingerprint density at radius 2 is 2.00 bits per heavy atom. The van der Waals surface area contributed by atoms with Gasteiger partial charge < -0.3 is 9.63 Å². The predicted molar refractivity (Wildman–Crippen MR) is 64.1 cm³/mol. The average molecular weight is 243 g/mol. The third kappa shape index (κ3) is 1.70. The summed E-state index contributed by atoms with van der Waals surface area (Å²) in [6.45, 7) is 0. The molecule has 1 heterocycles. The molecule has 1 aromatic heterocycles. The molecule has 18 heavy (non-hydrogen) atoms. The summed E-state index contributed by atoms with van der Waals surface area (Å²) in [6, 6.07) is 7.92. The number of nitrogens with zero attached hydrogens (tertiary/aromatic N) is 1. The van der Waals surface area contributed by atoms with Crippen molar-refractivity contribution >= 4 is 5.97 Å². The van der Waals surface area contributed by atoms with Gasteiger partial charge in [-0.1, -0.05) is 29.4 Å². The van der Waals surface area contributed by atoms with Gasteiger partial charge in [-0.15, -0.1) is 0 Å². The van der Waals surface area contributed by atoms with Crippen molar-refractivity contribution in [3.05, 3.63) is 53.4 Å². The van der Waals surface area contributed by atoms with Crippen molar-refractivity contribution in [1.82, 2.24) is 5.16 Å². The highest BCUT2D eigenvalue weighted by Crippen LogP contribution is 2.39. The van der Waals surface area contributed by atoms with Gasteiger partial charge in [0.2, 0.25) is 0 Å². The monoisotopic (exact) mass is 243 g/mol. The van der Waals surface area contributed by atoms with Crippen molar-refractivity contribution in [2.24, 2.45) is 5.41 Å². The van der Waals surface area contributed by atoms with Gasteiger partial charge in [-0.3, -0.25) is 4.79 Å². The van der Waals surface area contributed by atoms with Crippen LogP contribution in [0, 0.1) is 5.41 Å². The van der Waals surface area contributed by atoms with Crippen molar-refractivity contribution in [3.63, 3.8) is 0 Å². The first-order valence-corrected chi connectivity index (χ1v) is 5.88. The van der Waals surface area contributed by atoms with Gasteiger partial charge in [-0.2, -0.15) is 0 Å². The van der Waals surface area contributed by atoms with E-state index in [-0.39, 0.29) is 0 Å². The van der Waals surface area contributed by atoms with E-state index in [1.54, 1.807) is 6.20 Å². The minimum Gasteiger partial charge on any atom is -0.481 e. The van der Waals surface area contributed by atoms with Gasteiger partial charge in [0.25, 0.3) is 0 Å². The zero-order valence-electron chi connectivity index (χ0n) is 9.80. The lowest BCUT2D eigenvalue weighted by atomic mass is 9.79. The summed E-state index contributed by atoms with van der Waals surface area (Å²) >= 11 is 0. The third-order valence-electron chi connectivity index (χ3n) is 3.66. The van der Waals surface area contributed by atoms with E-state index in [0.29, 0.717) is 19.3 Å². The number of carboxylic acid groups (broad SMARTS) is 1.